The van der Waals surface area contributed by atoms with Crippen molar-refractivity contribution in [2.75, 3.05) is 12.3 Å². The van der Waals surface area contributed by atoms with Gasteiger partial charge in [-0.1, -0.05) is 27.7 Å². The molecule has 1 saturated carbocycles. The van der Waals surface area contributed by atoms with Gasteiger partial charge in [0.05, 0.1) is 5.75 Å². The molecule has 0 spiro atoms. The summed E-state index contributed by atoms with van der Waals surface area (Å²) < 4.78 is 26.6. The normalized spacial score (nSPS) is 21.4. The second-order valence-electron chi connectivity index (χ2n) is 6.48. The van der Waals surface area contributed by atoms with Gasteiger partial charge in [-0.25, -0.2) is 13.1 Å². The van der Waals surface area contributed by atoms with E-state index in [0.717, 1.165) is 25.7 Å². The van der Waals surface area contributed by atoms with Crippen molar-refractivity contribution in [1.29, 1.82) is 0 Å². The lowest BCUT2D eigenvalue weighted by Gasteiger charge is -2.34. The molecule has 0 heterocycles. The zero-order chi connectivity index (χ0) is 13.8. The van der Waals surface area contributed by atoms with Crippen LogP contribution in [0, 0.1) is 5.41 Å². The third-order valence-corrected chi connectivity index (χ3v) is 5.04. The topological polar surface area (TPSA) is 58.2 Å². The molecule has 0 aromatic heterocycles. The molecule has 1 fully saturated rings. The Kier molecular flexibility index (Phi) is 5.62. The number of sulfonamides is 1. The first kappa shape index (κ1) is 15.9. The molecule has 0 aromatic rings. The van der Waals surface area contributed by atoms with Crippen molar-refractivity contribution in [3.05, 3.63) is 0 Å². The smallest absolute Gasteiger partial charge is 0.213 e. The molecule has 18 heavy (non-hydrogen) atoms. The molecule has 0 radical (unpaired) electrons. The van der Waals surface area contributed by atoms with E-state index < -0.39 is 10.0 Å². The van der Waals surface area contributed by atoms with Crippen molar-refractivity contribution >= 4 is 10.0 Å². The van der Waals surface area contributed by atoms with Crippen LogP contribution in [0.15, 0.2) is 0 Å². The summed E-state index contributed by atoms with van der Waals surface area (Å²) in [6.45, 7) is 9.06. The molecule has 1 aliphatic rings. The molecule has 0 aromatic carbocycles. The van der Waals surface area contributed by atoms with Gasteiger partial charge in [-0.2, -0.15) is 0 Å². The molecule has 108 valence electrons. The molecule has 5 heteroatoms. The lowest BCUT2D eigenvalue weighted by atomic mass is 9.76. The van der Waals surface area contributed by atoms with E-state index in [1.54, 1.807) is 0 Å². The van der Waals surface area contributed by atoms with Crippen LogP contribution in [0.2, 0.25) is 0 Å². The maximum atomic E-state index is 11.9. The van der Waals surface area contributed by atoms with E-state index in [2.05, 4.69) is 23.9 Å². The number of hydrogen-bond donors (Lipinski definition) is 2. The quantitative estimate of drug-likeness (QED) is 0.778. The van der Waals surface area contributed by atoms with Crippen LogP contribution in [0.4, 0.5) is 0 Å². The van der Waals surface area contributed by atoms with Gasteiger partial charge < -0.3 is 5.32 Å². The molecular weight excluding hydrogens is 248 g/mol. The van der Waals surface area contributed by atoms with E-state index >= 15 is 0 Å². The Hall–Kier alpha value is -0.130. The average molecular weight is 276 g/mol. The van der Waals surface area contributed by atoms with E-state index in [1.807, 2.05) is 13.8 Å². The van der Waals surface area contributed by atoms with Gasteiger partial charge in [0.25, 0.3) is 0 Å². The highest BCUT2D eigenvalue weighted by molar-refractivity contribution is 7.89. The van der Waals surface area contributed by atoms with Crippen molar-refractivity contribution in [2.45, 2.75) is 65.5 Å². The van der Waals surface area contributed by atoms with E-state index in [1.165, 1.54) is 0 Å². The van der Waals surface area contributed by atoms with Crippen molar-refractivity contribution in [1.82, 2.24) is 10.0 Å². The largest absolute Gasteiger partial charge is 0.313 e. The van der Waals surface area contributed by atoms with Crippen LogP contribution in [0.25, 0.3) is 0 Å². The summed E-state index contributed by atoms with van der Waals surface area (Å²) in [7, 11) is -3.13. The van der Waals surface area contributed by atoms with Crippen molar-refractivity contribution < 1.29 is 8.42 Å². The van der Waals surface area contributed by atoms with Gasteiger partial charge in [0.15, 0.2) is 0 Å². The molecule has 0 saturated heterocycles. The Bertz CT molecular complexity index is 340. The van der Waals surface area contributed by atoms with Crippen molar-refractivity contribution in [3.8, 4) is 0 Å². The summed E-state index contributed by atoms with van der Waals surface area (Å²) in [4.78, 5) is 0. The van der Waals surface area contributed by atoms with E-state index in [4.69, 9.17) is 0 Å². The molecule has 1 rings (SSSR count). The summed E-state index contributed by atoms with van der Waals surface area (Å²) in [5, 5.41) is 3.13. The van der Waals surface area contributed by atoms with Gasteiger partial charge in [-0.15, -0.1) is 0 Å². The lowest BCUT2D eigenvalue weighted by Crippen LogP contribution is -2.42. The Morgan fingerprint density at radius 3 is 2.28 bits per heavy atom. The standard InChI is InChI=1S/C13H28N2O2S/c1-11(2)14-9-10-18(16,17)15-12-5-7-13(3,4)8-6-12/h11-12,14-15H,5-10H2,1-4H3. The number of rotatable bonds is 6. The van der Waals surface area contributed by atoms with Crippen molar-refractivity contribution in [3.63, 3.8) is 0 Å². The molecule has 0 amide bonds. The fourth-order valence-electron chi connectivity index (χ4n) is 2.31. The van der Waals surface area contributed by atoms with Crippen LogP contribution in [0.5, 0.6) is 0 Å². The SMILES string of the molecule is CC(C)NCCS(=O)(=O)NC1CCC(C)(C)CC1. The van der Waals surface area contributed by atoms with Crippen LogP contribution >= 0.6 is 0 Å². The van der Waals surface area contributed by atoms with E-state index in [0.29, 0.717) is 18.0 Å². The first-order valence-corrected chi connectivity index (χ1v) is 8.59. The van der Waals surface area contributed by atoms with E-state index in [-0.39, 0.29) is 11.8 Å². The van der Waals surface area contributed by atoms with Gasteiger partial charge in [-0.3, -0.25) is 0 Å². The minimum absolute atomic E-state index is 0.141. The molecular formula is C13H28N2O2S. The third kappa shape index (κ3) is 6.16. The second kappa shape index (κ2) is 6.35. The van der Waals surface area contributed by atoms with Crippen LogP contribution < -0.4 is 10.0 Å². The fourth-order valence-corrected chi connectivity index (χ4v) is 3.56. The highest BCUT2D eigenvalue weighted by Crippen LogP contribution is 2.35. The molecule has 0 aliphatic heterocycles. The van der Waals surface area contributed by atoms with Crippen LogP contribution in [0.3, 0.4) is 0 Å². The minimum Gasteiger partial charge on any atom is -0.313 e. The lowest BCUT2D eigenvalue weighted by molar-refractivity contribution is 0.218. The summed E-state index contributed by atoms with van der Waals surface area (Å²) >= 11 is 0. The molecule has 2 N–H and O–H groups in total. The first-order valence-electron chi connectivity index (χ1n) is 6.94. The van der Waals surface area contributed by atoms with Gasteiger partial charge in [-0.05, 0) is 31.1 Å². The van der Waals surface area contributed by atoms with Gasteiger partial charge in [0.2, 0.25) is 10.0 Å². The molecule has 0 bridgehead atoms. The Morgan fingerprint density at radius 2 is 1.78 bits per heavy atom. The van der Waals surface area contributed by atoms with Gasteiger partial charge >= 0.3 is 0 Å². The zero-order valence-corrected chi connectivity index (χ0v) is 12.9. The minimum atomic E-state index is -3.13. The number of nitrogens with one attached hydrogen (secondary N) is 2. The highest BCUT2D eigenvalue weighted by atomic mass is 32.2. The maximum Gasteiger partial charge on any atom is 0.213 e. The number of hydrogen-bond acceptors (Lipinski definition) is 3. The summed E-state index contributed by atoms with van der Waals surface area (Å²) in [6, 6.07) is 0.470. The Balaban J connectivity index is 2.33. The molecule has 0 atom stereocenters. The summed E-state index contributed by atoms with van der Waals surface area (Å²) in [6.07, 6.45) is 4.13. The molecule has 0 unspecified atom stereocenters. The highest BCUT2D eigenvalue weighted by Gasteiger charge is 2.28. The van der Waals surface area contributed by atoms with E-state index in [9.17, 15) is 8.42 Å². The molecule has 1 aliphatic carbocycles. The molecule has 4 nitrogen and oxygen atoms in total. The average Bonchev–Trinajstić information content (AvgIpc) is 2.20. The monoisotopic (exact) mass is 276 g/mol. The van der Waals surface area contributed by atoms with Crippen LogP contribution in [0.1, 0.15) is 53.4 Å². The Morgan fingerprint density at radius 1 is 1.22 bits per heavy atom. The summed E-state index contributed by atoms with van der Waals surface area (Å²) in [5.74, 6) is 0.172. The zero-order valence-electron chi connectivity index (χ0n) is 12.1. The Labute approximate surface area is 112 Å². The summed E-state index contributed by atoms with van der Waals surface area (Å²) in [5.41, 5.74) is 0.376. The fraction of sp³-hybridized carbons (Fsp3) is 1.00. The predicted molar refractivity (Wildman–Crippen MR) is 76.1 cm³/mol. The third-order valence-electron chi connectivity index (χ3n) is 3.61. The maximum absolute atomic E-state index is 11.9. The first-order chi connectivity index (χ1) is 8.20. The van der Waals surface area contributed by atoms with Crippen LogP contribution in [-0.4, -0.2) is 32.8 Å². The van der Waals surface area contributed by atoms with Crippen molar-refractivity contribution in [2.24, 2.45) is 5.41 Å². The second-order valence-corrected chi connectivity index (χ2v) is 8.36. The van der Waals surface area contributed by atoms with Gasteiger partial charge in [0.1, 0.15) is 0 Å². The van der Waals surface area contributed by atoms with Crippen LogP contribution in [-0.2, 0) is 10.0 Å². The van der Waals surface area contributed by atoms with Gasteiger partial charge in [0, 0.05) is 18.6 Å². The predicted octanol–water partition coefficient (Wildman–Crippen LogP) is 1.87.